The molecule has 0 saturated carbocycles. The summed E-state index contributed by atoms with van der Waals surface area (Å²) in [6.07, 6.45) is 1.14. The van der Waals surface area contributed by atoms with Gasteiger partial charge >= 0.3 is 0 Å². The molecule has 0 bridgehead atoms. The lowest BCUT2D eigenvalue weighted by molar-refractivity contribution is -0.126. The highest BCUT2D eigenvalue weighted by molar-refractivity contribution is 7.98. The summed E-state index contributed by atoms with van der Waals surface area (Å²) in [7, 11) is 0. The lowest BCUT2D eigenvalue weighted by atomic mass is 9.90. The van der Waals surface area contributed by atoms with Gasteiger partial charge in [-0.05, 0) is 60.4 Å². The average molecular weight is 451 g/mol. The van der Waals surface area contributed by atoms with Crippen molar-refractivity contribution in [3.05, 3.63) is 89.4 Å². The second-order valence-corrected chi connectivity index (χ2v) is 8.74. The third kappa shape index (κ3) is 3.41. The smallest absolute Gasteiger partial charge is 0.266 e. The Labute approximate surface area is 189 Å². The number of carbonyl (C=O) groups excluding carboxylic acids is 2. The number of imide groups is 1. The molecule has 3 atom stereocenters. The van der Waals surface area contributed by atoms with Gasteiger partial charge in [0.1, 0.15) is 5.92 Å². The van der Waals surface area contributed by atoms with Gasteiger partial charge in [-0.25, -0.2) is 9.96 Å². The molecule has 0 radical (unpaired) electrons. The van der Waals surface area contributed by atoms with Crippen LogP contribution in [0.3, 0.4) is 0 Å². The molecule has 156 valence electrons. The van der Waals surface area contributed by atoms with Crippen LogP contribution < -0.4 is 9.96 Å². The molecule has 2 heterocycles. The van der Waals surface area contributed by atoms with Gasteiger partial charge in [-0.15, -0.1) is 11.8 Å². The lowest BCUT2D eigenvalue weighted by Crippen LogP contribution is -2.37. The molecule has 2 saturated heterocycles. The minimum Gasteiger partial charge on any atom is -0.273 e. The zero-order chi connectivity index (χ0) is 21.5. The van der Waals surface area contributed by atoms with Crippen LogP contribution in [-0.4, -0.2) is 24.2 Å². The third-order valence-electron chi connectivity index (χ3n) is 5.67. The molecule has 0 aliphatic carbocycles. The number of halogens is 1. The number of hydrogen-bond acceptors (Lipinski definition) is 5. The molecule has 3 aromatic carbocycles. The predicted molar refractivity (Wildman–Crippen MR) is 122 cm³/mol. The third-order valence-corrected chi connectivity index (χ3v) is 6.66. The highest BCUT2D eigenvalue weighted by atomic mass is 35.5. The van der Waals surface area contributed by atoms with Crippen LogP contribution in [0.4, 0.5) is 11.4 Å². The number of hydroxylamine groups is 1. The molecule has 5 rings (SSSR count). The SMILES string of the molecule is CSc1ccc([C@@H]2[C@H]3C(=O)N(c4ccc(Cl)cc4)C(=O)[C@@H]3ON2c2ccccc2)cc1. The summed E-state index contributed by atoms with van der Waals surface area (Å²) in [5.74, 6) is -1.28. The number of fused-ring (bicyclic) bond motifs is 1. The molecule has 0 aromatic heterocycles. The van der Waals surface area contributed by atoms with E-state index in [9.17, 15) is 9.59 Å². The number of anilines is 2. The van der Waals surface area contributed by atoms with Crippen molar-refractivity contribution in [3.63, 3.8) is 0 Å². The van der Waals surface area contributed by atoms with Crippen LogP contribution in [-0.2, 0) is 14.4 Å². The van der Waals surface area contributed by atoms with Gasteiger partial charge in [-0.3, -0.25) is 14.4 Å². The summed E-state index contributed by atoms with van der Waals surface area (Å²) < 4.78 is 0. The Morgan fingerprint density at radius 1 is 0.839 bits per heavy atom. The first-order valence-electron chi connectivity index (χ1n) is 9.87. The van der Waals surface area contributed by atoms with E-state index in [1.54, 1.807) is 41.1 Å². The topological polar surface area (TPSA) is 49.9 Å². The molecule has 7 heteroatoms. The Bertz CT molecular complexity index is 1120. The average Bonchev–Trinajstić information content (AvgIpc) is 3.31. The zero-order valence-corrected chi connectivity index (χ0v) is 18.2. The number of benzene rings is 3. The summed E-state index contributed by atoms with van der Waals surface area (Å²) in [4.78, 5) is 35.3. The monoisotopic (exact) mass is 450 g/mol. The number of amides is 2. The molecule has 2 fully saturated rings. The Morgan fingerprint density at radius 2 is 1.52 bits per heavy atom. The molecule has 3 aromatic rings. The van der Waals surface area contributed by atoms with Crippen molar-refractivity contribution in [2.45, 2.75) is 17.0 Å². The van der Waals surface area contributed by atoms with E-state index in [1.807, 2.05) is 60.9 Å². The van der Waals surface area contributed by atoms with Crippen molar-refractivity contribution in [2.75, 3.05) is 16.2 Å². The summed E-state index contributed by atoms with van der Waals surface area (Å²) in [5, 5.41) is 2.25. The van der Waals surface area contributed by atoms with Gasteiger partial charge in [0.15, 0.2) is 6.10 Å². The maximum atomic E-state index is 13.5. The summed E-state index contributed by atoms with van der Waals surface area (Å²) in [6.45, 7) is 0. The van der Waals surface area contributed by atoms with Crippen molar-refractivity contribution in [1.82, 2.24) is 0 Å². The van der Waals surface area contributed by atoms with Crippen LogP contribution in [0.5, 0.6) is 0 Å². The Hall–Kier alpha value is -2.80. The predicted octanol–water partition coefficient (Wildman–Crippen LogP) is 5.11. The second kappa shape index (κ2) is 8.04. The standard InChI is InChI=1S/C24H19ClN2O3S/c1-31-19-13-7-15(8-14-19)21-20-22(30-27(21)18-5-3-2-4-6-18)24(29)26(23(20)28)17-11-9-16(25)10-12-17/h2-14,20-22H,1H3/t20-,21-,22-/m1/s1. The molecule has 0 spiro atoms. The van der Waals surface area contributed by atoms with E-state index in [0.717, 1.165) is 16.1 Å². The van der Waals surface area contributed by atoms with Gasteiger partial charge in [0.25, 0.3) is 5.91 Å². The number of carbonyl (C=O) groups is 2. The van der Waals surface area contributed by atoms with E-state index in [0.29, 0.717) is 10.7 Å². The van der Waals surface area contributed by atoms with Crippen molar-refractivity contribution in [3.8, 4) is 0 Å². The quantitative estimate of drug-likeness (QED) is 0.408. The number of hydrogen-bond donors (Lipinski definition) is 0. The summed E-state index contributed by atoms with van der Waals surface area (Å²) in [6, 6.07) is 23.9. The highest BCUT2D eigenvalue weighted by Gasteiger charge is 2.60. The first-order chi connectivity index (χ1) is 15.1. The Kier molecular flexibility index (Phi) is 5.22. The second-order valence-electron chi connectivity index (χ2n) is 7.42. The van der Waals surface area contributed by atoms with E-state index in [-0.39, 0.29) is 11.8 Å². The number of nitrogens with zero attached hydrogens (tertiary/aromatic N) is 2. The maximum absolute atomic E-state index is 13.5. The lowest BCUT2D eigenvalue weighted by Gasteiger charge is -2.28. The summed E-state index contributed by atoms with van der Waals surface area (Å²) in [5.41, 5.74) is 2.22. The minimum atomic E-state index is -0.881. The van der Waals surface area contributed by atoms with E-state index < -0.39 is 18.1 Å². The maximum Gasteiger partial charge on any atom is 0.266 e. The van der Waals surface area contributed by atoms with Crippen molar-refractivity contribution >= 4 is 46.6 Å². The zero-order valence-electron chi connectivity index (χ0n) is 16.6. The van der Waals surface area contributed by atoms with Gasteiger partial charge < -0.3 is 0 Å². The van der Waals surface area contributed by atoms with Crippen molar-refractivity contribution in [2.24, 2.45) is 5.92 Å². The fourth-order valence-electron chi connectivity index (χ4n) is 4.20. The van der Waals surface area contributed by atoms with Crippen LogP contribution in [0.25, 0.3) is 0 Å². The van der Waals surface area contributed by atoms with Gasteiger partial charge in [0.05, 0.1) is 17.4 Å². The van der Waals surface area contributed by atoms with E-state index in [2.05, 4.69) is 0 Å². The van der Waals surface area contributed by atoms with Crippen molar-refractivity contribution in [1.29, 1.82) is 0 Å². The first-order valence-corrected chi connectivity index (χ1v) is 11.5. The molecular formula is C24H19ClN2O3S. The molecule has 31 heavy (non-hydrogen) atoms. The van der Waals surface area contributed by atoms with Crippen LogP contribution >= 0.6 is 23.4 Å². The minimum absolute atomic E-state index is 0.269. The molecular weight excluding hydrogens is 432 g/mol. The molecule has 5 nitrogen and oxygen atoms in total. The first kappa shape index (κ1) is 20.1. The van der Waals surface area contributed by atoms with Gasteiger partial charge in [-0.1, -0.05) is 41.9 Å². The largest absolute Gasteiger partial charge is 0.273 e. The normalized spacial score (nSPS) is 22.8. The van der Waals surface area contributed by atoms with Crippen LogP contribution in [0.15, 0.2) is 83.8 Å². The highest BCUT2D eigenvalue weighted by Crippen LogP contribution is 2.47. The van der Waals surface area contributed by atoms with E-state index in [4.69, 9.17) is 16.4 Å². The molecule has 0 unspecified atom stereocenters. The number of thioether (sulfide) groups is 1. The van der Waals surface area contributed by atoms with E-state index >= 15 is 0 Å². The number of rotatable bonds is 4. The van der Waals surface area contributed by atoms with Gasteiger partial charge in [0, 0.05) is 9.92 Å². The fourth-order valence-corrected chi connectivity index (χ4v) is 4.73. The van der Waals surface area contributed by atoms with Crippen LogP contribution in [0, 0.1) is 5.92 Å². The van der Waals surface area contributed by atoms with Gasteiger partial charge in [-0.2, -0.15) is 0 Å². The Balaban J connectivity index is 1.57. The molecule has 2 aliphatic rings. The van der Waals surface area contributed by atoms with Crippen LogP contribution in [0.2, 0.25) is 5.02 Å². The molecule has 2 amide bonds. The van der Waals surface area contributed by atoms with E-state index in [1.165, 1.54) is 4.90 Å². The summed E-state index contributed by atoms with van der Waals surface area (Å²) >= 11 is 7.63. The molecule has 0 N–H and O–H groups in total. The number of para-hydroxylation sites is 1. The van der Waals surface area contributed by atoms with Gasteiger partial charge in [0.2, 0.25) is 5.91 Å². The molecule has 2 aliphatic heterocycles. The fraction of sp³-hybridized carbons (Fsp3) is 0.167. The van der Waals surface area contributed by atoms with Crippen LogP contribution in [0.1, 0.15) is 11.6 Å². The Morgan fingerprint density at radius 3 is 2.16 bits per heavy atom. The van der Waals surface area contributed by atoms with Crippen molar-refractivity contribution < 1.29 is 14.4 Å².